The van der Waals surface area contributed by atoms with E-state index in [9.17, 15) is 9.90 Å². The van der Waals surface area contributed by atoms with Crippen LogP contribution in [0.2, 0.25) is 0 Å². The highest BCUT2D eigenvalue weighted by molar-refractivity contribution is 5.82. The number of esters is 1. The SMILES string of the molecule is C=C1C[C@H](C)C[C@@H]2CC=C[C@@H](C/C=C\C(=O)O[C@H]([C@@H](O)/C=C/[C@@H]3CC(C)=CCO3)C[C@H]3O[C@@H]3[C@@H](C)C1)O2. The number of aliphatic hydroxyl groups excluding tert-OH is 1. The predicted molar refractivity (Wildman–Crippen MR) is 144 cm³/mol. The summed E-state index contributed by atoms with van der Waals surface area (Å²) in [7, 11) is 0. The van der Waals surface area contributed by atoms with Crippen molar-refractivity contribution >= 4 is 5.97 Å². The van der Waals surface area contributed by atoms with Crippen LogP contribution in [0.25, 0.3) is 0 Å². The van der Waals surface area contributed by atoms with Crippen LogP contribution in [0.4, 0.5) is 0 Å². The van der Waals surface area contributed by atoms with Crippen molar-refractivity contribution in [2.75, 3.05) is 6.61 Å². The lowest BCUT2D eigenvalue weighted by atomic mass is 9.88. The van der Waals surface area contributed by atoms with E-state index in [1.165, 1.54) is 17.2 Å². The third kappa shape index (κ3) is 8.78. The number of cyclic esters (lactones) is 1. The van der Waals surface area contributed by atoms with Gasteiger partial charge in [-0.2, -0.15) is 0 Å². The molecule has 0 aliphatic carbocycles. The number of carbonyl (C=O) groups is 1. The first kappa shape index (κ1) is 28.0. The highest BCUT2D eigenvalue weighted by Gasteiger charge is 2.45. The summed E-state index contributed by atoms with van der Waals surface area (Å²) in [6, 6.07) is 0. The number of rotatable bonds is 3. The Labute approximate surface area is 222 Å². The highest BCUT2D eigenvalue weighted by atomic mass is 16.6. The van der Waals surface area contributed by atoms with Gasteiger partial charge in [-0.1, -0.05) is 68.0 Å². The lowest BCUT2D eigenvalue weighted by molar-refractivity contribution is -0.148. The molecule has 0 aromatic carbocycles. The van der Waals surface area contributed by atoms with Crippen LogP contribution in [0, 0.1) is 11.8 Å². The van der Waals surface area contributed by atoms with Crippen LogP contribution < -0.4 is 0 Å². The molecule has 0 radical (unpaired) electrons. The van der Waals surface area contributed by atoms with E-state index in [2.05, 4.69) is 45.6 Å². The van der Waals surface area contributed by atoms with Crippen LogP contribution in [0.15, 0.2) is 60.3 Å². The van der Waals surface area contributed by atoms with E-state index in [0.717, 1.165) is 32.1 Å². The zero-order valence-corrected chi connectivity index (χ0v) is 22.6. The Kier molecular flexibility index (Phi) is 9.99. The number of ether oxygens (including phenoxy) is 4. The van der Waals surface area contributed by atoms with E-state index in [-0.39, 0.29) is 30.5 Å². The molecule has 9 atom stereocenters. The molecule has 0 unspecified atom stereocenters. The number of carbonyl (C=O) groups excluding carboxylic acids is 1. The number of hydrogen-bond donors (Lipinski definition) is 1. The third-order valence-corrected chi connectivity index (χ3v) is 7.74. The van der Waals surface area contributed by atoms with Crippen molar-refractivity contribution in [1.82, 2.24) is 0 Å². The van der Waals surface area contributed by atoms with Gasteiger partial charge in [0.25, 0.3) is 0 Å². The Balaban J connectivity index is 1.44. The van der Waals surface area contributed by atoms with Crippen molar-refractivity contribution in [3.05, 3.63) is 60.3 Å². The van der Waals surface area contributed by atoms with Crippen LogP contribution in [0.5, 0.6) is 0 Å². The number of epoxide rings is 1. The minimum atomic E-state index is -0.945. The molecular formula is C31H44O6. The minimum Gasteiger partial charge on any atom is -0.456 e. The van der Waals surface area contributed by atoms with Gasteiger partial charge in [-0.05, 0) is 57.3 Å². The van der Waals surface area contributed by atoms with E-state index in [1.807, 2.05) is 6.08 Å². The molecule has 37 heavy (non-hydrogen) atoms. The number of hydrogen-bond acceptors (Lipinski definition) is 6. The van der Waals surface area contributed by atoms with E-state index >= 15 is 0 Å². The summed E-state index contributed by atoms with van der Waals surface area (Å²) in [5.74, 6) is 0.349. The molecule has 4 rings (SSSR count). The first-order valence-corrected chi connectivity index (χ1v) is 13.9. The lowest BCUT2D eigenvalue weighted by Gasteiger charge is -2.28. The fourth-order valence-corrected chi connectivity index (χ4v) is 5.77. The number of allylic oxidation sites excluding steroid dienone is 1. The molecule has 0 saturated carbocycles. The fraction of sp³-hybridized carbons (Fsp3) is 0.645. The van der Waals surface area contributed by atoms with E-state index in [1.54, 1.807) is 12.2 Å². The first-order chi connectivity index (χ1) is 17.8. The van der Waals surface area contributed by atoms with Crippen molar-refractivity contribution in [3.8, 4) is 0 Å². The zero-order valence-electron chi connectivity index (χ0n) is 22.6. The Morgan fingerprint density at radius 3 is 2.76 bits per heavy atom. The van der Waals surface area contributed by atoms with Crippen molar-refractivity contribution < 1.29 is 28.8 Å². The van der Waals surface area contributed by atoms with Gasteiger partial charge in [-0.25, -0.2) is 4.79 Å². The second kappa shape index (κ2) is 13.2. The Bertz CT molecular complexity index is 917. The van der Waals surface area contributed by atoms with Crippen molar-refractivity contribution in [1.29, 1.82) is 0 Å². The normalized spacial score (nSPS) is 39.6. The summed E-state index contributed by atoms with van der Waals surface area (Å²) in [5.41, 5.74) is 2.51. The van der Waals surface area contributed by atoms with E-state index < -0.39 is 18.2 Å². The molecule has 6 heteroatoms. The molecular weight excluding hydrogens is 468 g/mol. The molecule has 204 valence electrons. The van der Waals surface area contributed by atoms with Gasteiger partial charge in [0.15, 0.2) is 0 Å². The number of fused-ring (bicyclic) bond motifs is 3. The molecule has 4 aliphatic heterocycles. The predicted octanol–water partition coefficient (Wildman–Crippen LogP) is 5.38. The molecule has 6 nitrogen and oxygen atoms in total. The van der Waals surface area contributed by atoms with Gasteiger partial charge in [0.2, 0.25) is 0 Å². The van der Waals surface area contributed by atoms with Gasteiger partial charge < -0.3 is 24.1 Å². The summed E-state index contributed by atoms with van der Waals surface area (Å²) in [4.78, 5) is 12.7. The van der Waals surface area contributed by atoms with Gasteiger partial charge in [0.1, 0.15) is 12.2 Å². The van der Waals surface area contributed by atoms with Crippen molar-refractivity contribution in [3.63, 3.8) is 0 Å². The molecule has 4 aliphatic rings. The summed E-state index contributed by atoms with van der Waals surface area (Å²) >= 11 is 0. The quantitative estimate of drug-likeness (QED) is 0.311. The molecule has 0 spiro atoms. The third-order valence-electron chi connectivity index (χ3n) is 7.74. The fourth-order valence-electron chi connectivity index (χ4n) is 5.77. The summed E-state index contributed by atoms with van der Waals surface area (Å²) in [6.07, 6.45) is 17.2. The molecule has 0 amide bonds. The Morgan fingerprint density at radius 2 is 1.95 bits per heavy atom. The molecule has 1 saturated heterocycles. The Morgan fingerprint density at radius 1 is 1.11 bits per heavy atom. The van der Waals surface area contributed by atoms with Crippen LogP contribution in [0.3, 0.4) is 0 Å². The highest BCUT2D eigenvalue weighted by Crippen LogP contribution is 2.38. The zero-order chi connectivity index (χ0) is 26.4. The second-order valence-corrected chi connectivity index (χ2v) is 11.4. The summed E-state index contributed by atoms with van der Waals surface area (Å²) in [6.45, 7) is 11.5. The first-order valence-electron chi connectivity index (χ1n) is 13.9. The Hall–Kier alpha value is -1.99. The van der Waals surface area contributed by atoms with Crippen LogP contribution in [0.1, 0.15) is 65.7 Å². The van der Waals surface area contributed by atoms with Gasteiger partial charge in [0, 0.05) is 12.5 Å². The van der Waals surface area contributed by atoms with Crippen LogP contribution >= 0.6 is 0 Å². The molecule has 1 N–H and O–H groups in total. The molecule has 4 heterocycles. The summed E-state index contributed by atoms with van der Waals surface area (Å²) < 4.78 is 23.8. The molecule has 2 bridgehead atoms. The maximum Gasteiger partial charge on any atom is 0.330 e. The molecule has 1 fully saturated rings. The maximum atomic E-state index is 12.7. The maximum absolute atomic E-state index is 12.7. The van der Waals surface area contributed by atoms with E-state index in [0.29, 0.717) is 31.3 Å². The van der Waals surface area contributed by atoms with Crippen molar-refractivity contribution in [2.45, 2.75) is 108 Å². The smallest absolute Gasteiger partial charge is 0.330 e. The largest absolute Gasteiger partial charge is 0.456 e. The molecule has 0 aromatic rings. The van der Waals surface area contributed by atoms with Gasteiger partial charge in [-0.3, -0.25) is 0 Å². The number of aliphatic hydroxyl groups is 1. The molecule has 0 aromatic heterocycles. The lowest BCUT2D eigenvalue weighted by Crippen LogP contribution is -2.32. The second-order valence-electron chi connectivity index (χ2n) is 11.4. The average molecular weight is 513 g/mol. The van der Waals surface area contributed by atoms with Gasteiger partial charge >= 0.3 is 5.97 Å². The van der Waals surface area contributed by atoms with Crippen LogP contribution in [-0.2, 0) is 23.7 Å². The van der Waals surface area contributed by atoms with Crippen LogP contribution in [-0.4, -0.2) is 60.4 Å². The standard InChI is InChI=1S/C31H44O6/c1-20-13-14-34-25(17-20)11-12-27(32)28-19-29-31(37-29)23(4)16-21(2)15-22(3)18-26-9-5-7-24(35-26)8-6-10-30(33)36-28/h5-7,10-13,22-29,31-32H,2,8-9,14-19H2,1,3-4H3/b10-6-,12-11+/t22-,23-,24-,25+,26-,27-,28-,29+,31+/m0/s1. The van der Waals surface area contributed by atoms with Crippen molar-refractivity contribution in [2.24, 2.45) is 11.8 Å². The monoisotopic (exact) mass is 512 g/mol. The topological polar surface area (TPSA) is 77.5 Å². The summed E-state index contributed by atoms with van der Waals surface area (Å²) in [5, 5.41) is 11.0. The minimum absolute atomic E-state index is 0.0436. The van der Waals surface area contributed by atoms with Gasteiger partial charge in [-0.15, -0.1) is 0 Å². The average Bonchev–Trinajstić information content (AvgIpc) is 3.61. The van der Waals surface area contributed by atoms with E-state index in [4.69, 9.17) is 18.9 Å². The van der Waals surface area contributed by atoms with Gasteiger partial charge in [0.05, 0.1) is 37.1 Å².